The van der Waals surface area contributed by atoms with E-state index in [1.54, 1.807) is 11.3 Å². The SMILES string of the molecule is CCC(C)SCC(Cc1csc(C)n1)NN. The highest BCUT2D eigenvalue weighted by Crippen LogP contribution is 2.17. The van der Waals surface area contributed by atoms with E-state index in [1.807, 2.05) is 18.7 Å². The number of nitrogens with zero attached hydrogens (tertiary/aromatic N) is 1. The molecule has 0 bridgehead atoms. The van der Waals surface area contributed by atoms with Crippen LogP contribution in [0.15, 0.2) is 5.38 Å². The van der Waals surface area contributed by atoms with Gasteiger partial charge in [-0.3, -0.25) is 11.3 Å². The third-order valence-electron chi connectivity index (χ3n) is 2.51. The summed E-state index contributed by atoms with van der Waals surface area (Å²) in [4.78, 5) is 4.46. The summed E-state index contributed by atoms with van der Waals surface area (Å²) in [6.07, 6.45) is 2.13. The molecule has 1 heterocycles. The van der Waals surface area contributed by atoms with Crippen molar-refractivity contribution in [1.82, 2.24) is 10.4 Å². The molecule has 0 aliphatic rings. The van der Waals surface area contributed by atoms with Gasteiger partial charge < -0.3 is 0 Å². The van der Waals surface area contributed by atoms with Crippen LogP contribution < -0.4 is 11.3 Å². The molecule has 0 saturated heterocycles. The summed E-state index contributed by atoms with van der Waals surface area (Å²) in [7, 11) is 0. The smallest absolute Gasteiger partial charge is 0.0897 e. The first-order valence-electron chi connectivity index (χ1n) is 5.64. The standard InChI is InChI=1S/C11H21N3S2/c1-4-8(2)15-7-11(14-12)5-10-6-16-9(3)13-10/h6,8,11,14H,4-5,7,12H2,1-3H3. The highest BCUT2D eigenvalue weighted by Gasteiger charge is 2.11. The summed E-state index contributed by atoms with van der Waals surface area (Å²) in [5, 5.41) is 3.95. The Morgan fingerprint density at radius 2 is 2.38 bits per heavy atom. The highest BCUT2D eigenvalue weighted by atomic mass is 32.2. The molecule has 0 radical (unpaired) electrons. The van der Waals surface area contributed by atoms with Gasteiger partial charge >= 0.3 is 0 Å². The van der Waals surface area contributed by atoms with E-state index in [2.05, 4.69) is 29.6 Å². The molecular formula is C11H21N3S2. The molecule has 0 amide bonds. The van der Waals surface area contributed by atoms with Gasteiger partial charge in [0.05, 0.1) is 10.7 Å². The van der Waals surface area contributed by atoms with Gasteiger partial charge in [0.1, 0.15) is 0 Å². The number of rotatable bonds is 7. The van der Waals surface area contributed by atoms with Crippen LogP contribution in [0.25, 0.3) is 0 Å². The third-order valence-corrected chi connectivity index (χ3v) is 4.83. The van der Waals surface area contributed by atoms with Crippen molar-refractivity contribution < 1.29 is 0 Å². The topological polar surface area (TPSA) is 50.9 Å². The molecule has 5 heteroatoms. The fourth-order valence-corrected chi connectivity index (χ4v) is 2.95. The zero-order valence-electron chi connectivity index (χ0n) is 10.2. The summed E-state index contributed by atoms with van der Waals surface area (Å²) < 4.78 is 0. The number of thiazole rings is 1. The van der Waals surface area contributed by atoms with Gasteiger partial charge in [-0.25, -0.2) is 4.98 Å². The van der Waals surface area contributed by atoms with Crippen molar-refractivity contribution in [2.24, 2.45) is 5.84 Å². The first kappa shape index (κ1) is 14.0. The second-order valence-corrected chi connectivity index (χ2v) is 6.51. The lowest BCUT2D eigenvalue weighted by molar-refractivity contribution is 0.569. The zero-order chi connectivity index (χ0) is 12.0. The van der Waals surface area contributed by atoms with Crippen molar-refractivity contribution >= 4 is 23.1 Å². The van der Waals surface area contributed by atoms with E-state index in [-0.39, 0.29) is 0 Å². The summed E-state index contributed by atoms with van der Waals surface area (Å²) in [6.45, 7) is 6.50. The molecule has 2 unspecified atom stereocenters. The highest BCUT2D eigenvalue weighted by molar-refractivity contribution is 7.99. The minimum Gasteiger partial charge on any atom is -0.271 e. The zero-order valence-corrected chi connectivity index (χ0v) is 11.8. The molecule has 16 heavy (non-hydrogen) atoms. The molecule has 3 nitrogen and oxygen atoms in total. The van der Waals surface area contributed by atoms with E-state index < -0.39 is 0 Å². The Labute approximate surface area is 106 Å². The van der Waals surface area contributed by atoms with Crippen LogP contribution in [0.3, 0.4) is 0 Å². The fourth-order valence-electron chi connectivity index (χ4n) is 1.32. The second kappa shape index (κ2) is 7.27. The van der Waals surface area contributed by atoms with Crippen molar-refractivity contribution in [2.75, 3.05) is 5.75 Å². The number of nitrogens with two attached hydrogens (primary N) is 1. The van der Waals surface area contributed by atoms with Crippen LogP contribution in [0.1, 0.15) is 31.0 Å². The maximum absolute atomic E-state index is 5.57. The predicted octanol–water partition coefficient (Wildman–Crippen LogP) is 2.36. The minimum atomic E-state index is 0.320. The van der Waals surface area contributed by atoms with Crippen molar-refractivity contribution in [1.29, 1.82) is 0 Å². The van der Waals surface area contributed by atoms with E-state index in [9.17, 15) is 0 Å². The van der Waals surface area contributed by atoms with Crippen LogP contribution in [0.2, 0.25) is 0 Å². The lowest BCUT2D eigenvalue weighted by Crippen LogP contribution is -2.39. The number of aryl methyl sites for hydroxylation is 1. The maximum atomic E-state index is 5.57. The quantitative estimate of drug-likeness (QED) is 0.583. The normalized spacial score (nSPS) is 15.0. The summed E-state index contributed by atoms with van der Waals surface area (Å²) >= 11 is 3.67. The number of nitrogens with one attached hydrogen (secondary N) is 1. The van der Waals surface area contributed by atoms with Gasteiger partial charge in [-0.1, -0.05) is 13.8 Å². The number of aromatic nitrogens is 1. The second-order valence-electron chi connectivity index (χ2n) is 3.98. The molecule has 0 fully saturated rings. The van der Waals surface area contributed by atoms with Gasteiger partial charge in [-0.2, -0.15) is 11.8 Å². The van der Waals surface area contributed by atoms with Crippen LogP contribution in [-0.4, -0.2) is 22.0 Å². The average Bonchev–Trinajstić information content (AvgIpc) is 2.69. The largest absolute Gasteiger partial charge is 0.271 e. The molecule has 2 atom stereocenters. The van der Waals surface area contributed by atoms with Crippen LogP contribution in [0.5, 0.6) is 0 Å². The first-order chi connectivity index (χ1) is 7.65. The fraction of sp³-hybridized carbons (Fsp3) is 0.727. The molecule has 0 spiro atoms. The Morgan fingerprint density at radius 3 is 2.88 bits per heavy atom. The molecule has 1 rings (SSSR count). The van der Waals surface area contributed by atoms with Crippen LogP contribution in [0, 0.1) is 6.92 Å². The first-order valence-corrected chi connectivity index (χ1v) is 7.57. The molecular weight excluding hydrogens is 238 g/mol. The van der Waals surface area contributed by atoms with E-state index in [0.29, 0.717) is 11.3 Å². The number of hydrazine groups is 1. The Kier molecular flexibility index (Phi) is 6.34. The monoisotopic (exact) mass is 259 g/mol. The summed E-state index contributed by atoms with van der Waals surface area (Å²) in [6, 6.07) is 0.320. The van der Waals surface area contributed by atoms with Crippen molar-refractivity contribution in [3.05, 3.63) is 16.1 Å². The Morgan fingerprint density at radius 1 is 1.62 bits per heavy atom. The van der Waals surface area contributed by atoms with E-state index >= 15 is 0 Å². The number of hydrogen-bond acceptors (Lipinski definition) is 5. The van der Waals surface area contributed by atoms with Gasteiger partial charge in [0.2, 0.25) is 0 Å². The molecule has 0 saturated carbocycles. The number of thioether (sulfide) groups is 1. The molecule has 1 aromatic heterocycles. The minimum absolute atomic E-state index is 0.320. The van der Waals surface area contributed by atoms with Gasteiger partial charge in [0.15, 0.2) is 0 Å². The number of hydrogen-bond donors (Lipinski definition) is 2. The maximum Gasteiger partial charge on any atom is 0.0897 e. The van der Waals surface area contributed by atoms with Crippen molar-refractivity contribution in [2.45, 2.75) is 44.9 Å². The van der Waals surface area contributed by atoms with Gasteiger partial charge in [-0.05, 0) is 13.3 Å². The lowest BCUT2D eigenvalue weighted by Gasteiger charge is -2.16. The predicted molar refractivity (Wildman–Crippen MR) is 73.9 cm³/mol. The van der Waals surface area contributed by atoms with Gasteiger partial charge in [0.25, 0.3) is 0 Å². The summed E-state index contributed by atoms with van der Waals surface area (Å²) in [5.41, 5.74) is 4.03. The van der Waals surface area contributed by atoms with Crippen LogP contribution in [0.4, 0.5) is 0 Å². The molecule has 3 N–H and O–H groups in total. The Balaban J connectivity index is 2.37. The van der Waals surface area contributed by atoms with E-state index in [0.717, 1.165) is 22.9 Å². The van der Waals surface area contributed by atoms with E-state index in [1.165, 1.54) is 6.42 Å². The van der Waals surface area contributed by atoms with E-state index in [4.69, 9.17) is 5.84 Å². The van der Waals surface area contributed by atoms with Gasteiger partial charge in [-0.15, -0.1) is 11.3 Å². The van der Waals surface area contributed by atoms with Crippen LogP contribution in [-0.2, 0) is 6.42 Å². The van der Waals surface area contributed by atoms with Crippen LogP contribution >= 0.6 is 23.1 Å². The van der Waals surface area contributed by atoms with Crippen molar-refractivity contribution in [3.8, 4) is 0 Å². The molecule has 0 aromatic carbocycles. The molecule has 0 aliphatic carbocycles. The van der Waals surface area contributed by atoms with Gasteiger partial charge in [0, 0.05) is 28.8 Å². The molecule has 92 valence electrons. The lowest BCUT2D eigenvalue weighted by atomic mass is 10.2. The Hall–Kier alpha value is -0.100. The molecule has 0 aliphatic heterocycles. The third kappa shape index (κ3) is 4.82. The molecule has 1 aromatic rings. The average molecular weight is 259 g/mol. The van der Waals surface area contributed by atoms with Crippen molar-refractivity contribution in [3.63, 3.8) is 0 Å². The summed E-state index contributed by atoms with van der Waals surface area (Å²) in [5.74, 6) is 6.61. The Bertz CT molecular complexity index is 301.